The van der Waals surface area contributed by atoms with Crippen LogP contribution in [-0.2, 0) is 32.0 Å². The molecule has 4 rings (SSSR count). The summed E-state index contributed by atoms with van der Waals surface area (Å²) < 4.78 is 13.1. The lowest BCUT2D eigenvalue weighted by Crippen LogP contribution is -2.49. The molecule has 3 heterocycles. The van der Waals surface area contributed by atoms with Crippen molar-refractivity contribution < 1.29 is 19.1 Å². The molecule has 2 fully saturated rings. The highest BCUT2D eigenvalue weighted by atomic mass is 16.5. The second-order valence-corrected chi connectivity index (χ2v) is 9.78. The smallest absolute Gasteiger partial charge is 0.320 e. The molecule has 2 aromatic rings. The molecular weight excluding hydrogens is 458 g/mol. The van der Waals surface area contributed by atoms with Gasteiger partial charge < -0.3 is 24.7 Å². The van der Waals surface area contributed by atoms with Gasteiger partial charge in [0.1, 0.15) is 5.84 Å². The Balaban J connectivity index is 1.49. The number of nitrogens with zero attached hydrogens (tertiary/aromatic N) is 3. The van der Waals surface area contributed by atoms with Crippen molar-refractivity contribution in [3.63, 3.8) is 0 Å². The average molecular weight is 498 g/mol. The molecule has 1 amide bonds. The highest BCUT2D eigenvalue weighted by molar-refractivity contribution is 5.98. The van der Waals surface area contributed by atoms with Gasteiger partial charge in [0.15, 0.2) is 0 Å². The van der Waals surface area contributed by atoms with Crippen molar-refractivity contribution in [2.45, 2.75) is 70.7 Å². The minimum atomic E-state index is -0.278. The SMILES string of the molecule is CCOC(=O)CN1CCC[C@@H]1C(=O)N1C[C@@H](OC)C[C@@H]1CCc1cc2ccc(C(=N)N)cc2n1CC. The number of carbonyl (C=O) groups excluding carboxylic acids is 2. The third-order valence-corrected chi connectivity index (χ3v) is 7.63. The zero-order chi connectivity index (χ0) is 25.8. The number of ether oxygens (including phenoxy) is 2. The molecule has 0 bridgehead atoms. The van der Waals surface area contributed by atoms with E-state index in [0.29, 0.717) is 13.2 Å². The van der Waals surface area contributed by atoms with Gasteiger partial charge >= 0.3 is 5.97 Å². The van der Waals surface area contributed by atoms with Crippen LogP contribution in [0.5, 0.6) is 0 Å². The standard InChI is InChI=1S/C27H39N5O4/c1-4-31-20(13-18-8-9-19(26(28)29)14-24(18)31)10-11-21-15-22(35-3)16-32(21)27(34)23-7-6-12-30(23)17-25(33)36-5-2/h8-9,13-14,21-23H,4-7,10-12,15-17H2,1-3H3,(H3,28,29)/t21-,22-,23+/m0/s1. The third-order valence-electron chi connectivity index (χ3n) is 7.63. The number of benzene rings is 1. The summed E-state index contributed by atoms with van der Waals surface area (Å²) in [5, 5.41) is 8.90. The van der Waals surface area contributed by atoms with Gasteiger partial charge in [-0.05, 0) is 70.0 Å². The van der Waals surface area contributed by atoms with Crippen molar-refractivity contribution in [1.82, 2.24) is 14.4 Å². The lowest BCUT2D eigenvalue weighted by atomic mass is 10.0. The molecule has 3 N–H and O–H groups in total. The number of aromatic nitrogens is 1. The zero-order valence-corrected chi connectivity index (χ0v) is 21.7. The van der Waals surface area contributed by atoms with E-state index >= 15 is 0 Å². The van der Waals surface area contributed by atoms with Crippen LogP contribution >= 0.6 is 0 Å². The molecule has 2 aliphatic rings. The van der Waals surface area contributed by atoms with Gasteiger partial charge in [0, 0.05) is 43.0 Å². The summed E-state index contributed by atoms with van der Waals surface area (Å²) in [5.74, 6) is -0.106. The average Bonchev–Trinajstić information content (AvgIpc) is 3.58. The number of hydrogen-bond acceptors (Lipinski definition) is 6. The van der Waals surface area contributed by atoms with E-state index in [9.17, 15) is 9.59 Å². The lowest BCUT2D eigenvalue weighted by Gasteiger charge is -2.31. The van der Waals surface area contributed by atoms with Crippen LogP contribution in [0.25, 0.3) is 10.9 Å². The third kappa shape index (κ3) is 5.42. The van der Waals surface area contributed by atoms with Gasteiger partial charge in [-0.2, -0.15) is 0 Å². The molecule has 9 nitrogen and oxygen atoms in total. The Kier molecular flexibility index (Phi) is 8.31. The van der Waals surface area contributed by atoms with E-state index < -0.39 is 0 Å². The first-order valence-corrected chi connectivity index (χ1v) is 13.1. The number of amidine groups is 1. The van der Waals surface area contributed by atoms with E-state index in [-0.39, 0.29) is 42.4 Å². The van der Waals surface area contributed by atoms with Gasteiger partial charge in [0.25, 0.3) is 0 Å². The fourth-order valence-corrected chi connectivity index (χ4v) is 5.82. The van der Waals surface area contributed by atoms with Crippen molar-refractivity contribution >= 4 is 28.6 Å². The van der Waals surface area contributed by atoms with Crippen LogP contribution in [0.2, 0.25) is 0 Å². The maximum absolute atomic E-state index is 13.7. The quantitative estimate of drug-likeness (QED) is 0.296. The number of hydrogen-bond donors (Lipinski definition) is 2. The van der Waals surface area contributed by atoms with Gasteiger partial charge in [0.2, 0.25) is 5.91 Å². The number of amides is 1. The molecule has 0 radical (unpaired) electrons. The van der Waals surface area contributed by atoms with Crippen LogP contribution in [0.1, 0.15) is 50.8 Å². The Morgan fingerprint density at radius 2 is 2.03 bits per heavy atom. The molecule has 2 aliphatic heterocycles. The summed E-state index contributed by atoms with van der Waals surface area (Å²) in [6.45, 7) is 6.56. The molecule has 36 heavy (non-hydrogen) atoms. The van der Waals surface area contributed by atoms with Crippen LogP contribution in [0.15, 0.2) is 24.3 Å². The van der Waals surface area contributed by atoms with E-state index in [1.165, 1.54) is 5.69 Å². The molecule has 0 spiro atoms. The van der Waals surface area contributed by atoms with E-state index in [0.717, 1.165) is 61.7 Å². The predicted molar refractivity (Wildman–Crippen MR) is 139 cm³/mol. The Hall–Kier alpha value is -2.91. The number of nitrogens with two attached hydrogens (primary N) is 1. The van der Waals surface area contributed by atoms with E-state index in [4.69, 9.17) is 20.6 Å². The summed E-state index contributed by atoms with van der Waals surface area (Å²) in [6, 6.07) is 7.90. The van der Waals surface area contributed by atoms with Crippen molar-refractivity contribution in [3.05, 3.63) is 35.5 Å². The zero-order valence-electron chi connectivity index (χ0n) is 21.7. The number of rotatable bonds is 10. The Bertz CT molecular complexity index is 1110. The van der Waals surface area contributed by atoms with Crippen molar-refractivity contribution in [2.24, 2.45) is 5.73 Å². The summed E-state index contributed by atoms with van der Waals surface area (Å²) >= 11 is 0. The molecule has 1 aromatic carbocycles. The first-order valence-electron chi connectivity index (χ1n) is 13.1. The number of esters is 1. The Morgan fingerprint density at radius 3 is 2.72 bits per heavy atom. The van der Waals surface area contributed by atoms with Crippen LogP contribution in [-0.4, -0.2) is 83.6 Å². The molecule has 3 atom stereocenters. The molecule has 196 valence electrons. The molecule has 0 unspecified atom stereocenters. The summed E-state index contributed by atoms with van der Waals surface area (Å²) in [4.78, 5) is 29.7. The molecular formula is C27H39N5O4. The highest BCUT2D eigenvalue weighted by Crippen LogP contribution is 2.30. The number of fused-ring (bicyclic) bond motifs is 1. The number of nitrogen functional groups attached to an aromatic ring is 1. The molecule has 9 heteroatoms. The topological polar surface area (TPSA) is 114 Å². The van der Waals surface area contributed by atoms with Gasteiger partial charge in [-0.15, -0.1) is 0 Å². The fourth-order valence-electron chi connectivity index (χ4n) is 5.82. The molecule has 0 saturated carbocycles. The van der Waals surface area contributed by atoms with Gasteiger partial charge in [-0.3, -0.25) is 19.9 Å². The number of aryl methyl sites for hydroxylation is 2. The number of likely N-dealkylation sites (tertiary alicyclic amines) is 2. The van der Waals surface area contributed by atoms with E-state index in [1.54, 1.807) is 14.0 Å². The molecule has 1 aromatic heterocycles. The van der Waals surface area contributed by atoms with Crippen LogP contribution in [0.4, 0.5) is 0 Å². The predicted octanol–water partition coefficient (Wildman–Crippen LogP) is 2.52. The van der Waals surface area contributed by atoms with E-state index in [2.05, 4.69) is 17.6 Å². The maximum Gasteiger partial charge on any atom is 0.320 e. The molecule has 2 saturated heterocycles. The first-order chi connectivity index (χ1) is 17.4. The highest BCUT2D eigenvalue weighted by Gasteiger charge is 2.41. The second-order valence-electron chi connectivity index (χ2n) is 9.78. The number of nitrogens with one attached hydrogen (secondary N) is 1. The van der Waals surface area contributed by atoms with Crippen LogP contribution in [0.3, 0.4) is 0 Å². The minimum absolute atomic E-state index is 0.0222. The van der Waals surface area contributed by atoms with Crippen molar-refractivity contribution in [3.8, 4) is 0 Å². The van der Waals surface area contributed by atoms with Gasteiger partial charge in [-0.1, -0.05) is 12.1 Å². The van der Waals surface area contributed by atoms with Crippen molar-refractivity contribution in [2.75, 3.05) is 33.4 Å². The minimum Gasteiger partial charge on any atom is -0.465 e. The Labute approximate surface area is 213 Å². The summed E-state index contributed by atoms with van der Waals surface area (Å²) in [5.41, 5.74) is 8.73. The summed E-state index contributed by atoms with van der Waals surface area (Å²) in [7, 11) is 1.71. The van der Waals surface area contributed by atoms with Crippen LogP contribution < -0.4 is 5.73 Å². The first kappa shape index (κ1) is 26.2. The van der Waals surface area contributed by atoms with Crippen LogP contribution in [0, 0.1) is 5.41 Å². The second kappa shape index (κ2) is 11.4. The van der Waals surface area contributed by atoms with Gasteiger partial charge in [0.05, 0.1) is 25.3 Å². The van der Waals surface area contributed by atoms with Gasteiger partial charge in [-0.25, -0.2) is 0 Å². The normalized spacial score (nSPS) is 22.4. The van der Waals surface area contributed by atoms with E-state index in [1.807, 2.05) is 28.0 Å². The molecule has 0 aliphatic carbocycles. The maximum atomic E-state index is 13.7. The number of methoxy groups -OCH3 is 1. The Morgan fingerprint density at radius 1 is 1.22 bits per heavy atom. The summed E-state index contributed by atoms with van der Waals surface area (Å²) in [6.07, 6.45) is 4.18. The number of carbonyl (C=O) groups is 2. The monoisotopic (exact) mass is 497 g/mol. The lowest BCUT2D eigenvalue weighted by molar-refractivity contribution is -0.146. The fraction of sp³-hybridized carbons (Fsp3) is 0.593. The van der Waals surface area contributed by atoms with Crippen molar-refractivity contribution in [1.29, 1.82) is 5.41 Å². The largest absolute Gasteiger partial charge is 0.465 e.